The van der Waals surface area contributed by atoms with Gasteiger partial charge in [-0.2, -0.15) is 4.52 Å². The van der Waals surface area contributed by atoms with Gasteiger partial charge >= 0.3 is 0 Å². The van der Waals surface area contributed by atoms with Crippen molar-refractivity contribution in [3.63, 3.8) is 0 Å². The van der Waals surface area contributed by atoms with Crippen molar-refractivity contribution >= 4 is 11.6 Å². The van der Waals surface area contributed by atoms with Crippen molar-refractivity contribution in [3.8, 4) is 5.75 Å². The fraction of sp³-hybridized carbons (Fsp3) is 0.143. The van der Waals surface area contributed by atoms with E-state index in [9.17, 15) is 23.5 Å². The fourth-order valence-electron chi connectivity index (χ4n) is 3.19. The van der Waals surface area contributed by atoms with E-state index in [1.807, 2.05) is 0 Å². The van der Waals surface area contributed by atoms with Gasteiger partial charge in [-0.15, -0.1) is 0 Å². The summed E-state index contributed by atoms with van der Waals surface area (Å²) >= 11 is 0. The molecule has 0 unspecified atom stereocenters. The summed E-state index contributed by atoms with van der Waals surface area (Å²) < 4.78 is 27.7. The lowest BCUT2D eigenvalue weighted by atomic mass is 10.0. The van der Waals surface area contributed by atoms with Crippen molar-refractivity contribution in [1.82, 2.24) is 24.9 Å². The number of halogens is 2. The van der Waals surface area contributed by atoms with Crippen LogP contribution in [0.2, 0.25) is 0 Å². The van der Waals surface area contributed by atoms with Gasteiger partial charge in [0.1, 0.15) is 5.75 Å². The van der Waals surface area contributed by atoms with Gasteiger partial charge in [-0.1, -0.05) is 6.07 Å². The molecule has 0 atom stereocenters. The molecule has 3 heterocycles. The van der Waals surface area contributed by atoms with Crippen LogP contribution in [0.3, 0.4) is 0 Å². The van der Waals surface area contributed by atoms with Gasteiger partial charge < -0.3 is 10.4 Å². The van der Waals surface area contributed by atoms with Crippen LogP contribution in [-0.4, -0.2) is 30.6 Å². The smallest absolute Gasteiger partial charge is 0.288 e. The number of fused-ring (bicyclic) bond motifs is 1. The van der Waals surface area contributed by atoms with Gasteiger partial charge in [-0.05, 0) is 42.3 Å². The third kappa shape index (κ3) is 3.87. The number of pyridine rings is 2. The number of hydrogen-bond acceptors (Lipinski definition) is 5. The number of carbonyl (C=O) groups excluding carboxylic acids is 1. The molecule has 31 heavy (non-hydrogen) atoms. The molecule has 0 saturated carbocycles. The first kappa shape index (κ1) is 20.2. The highest BCUT2D eigenvalue weighted by molar-refractivity contribution is 5.91. The summed E-state index contributed by atoms with van der Waals surface area (Å²) in [6, 6.07) is 6.73. The quantitative estimate of drug-likeness (QED) is 0.454. The summed E-state index contributed by atoms with van der Waals surface area (Å²) in [5.74, 6) is -3.03. The number of nitrogens with zero attached hydrogens (tertiary/aromatic N) is 3. The molecular weight excluding hydrogens is 408 g/mol. The van der Waals surface area contributed by atoms with Crippen molar-refractivity contribution in [2.75, 3.05) is 0 Å². The largest absolute Gasteiger partial charge is 0.507 e. The minimum atomic E-state index is -1.05. The Balaban J connectivity index is 1.66. The molecule has 0 saturated heterocycles. The first-order valence-corrected chi connectivity index (χ1v) is 9.29. The van der Waals surface area contributed by atoms with Crippen LogP contribution in [0.5, 0.6) is 5.75 Å². The SMILES string of the molecule is Cc1c(O)c(Cc2ccc(F)c(F)c2)c(=O)n2[nH]c(C(=O)NCc3ccncc3)nc12. The molecule has 0 aliphatic heterocycles. The number of nitrogens with one attached hydrogen (secondary N) is 2. The predicted molar refractivity (Wildman–Crippen MR) is 107 cm³/mol. The molecule has 1 amide bonds. The highest BCUT2D eigenvalue weighted by atomic mass is 19.2. The summed E-state index contributed by atoms with van der Waals surface area (Å²) in [5, 5.41) is 15.8. The number of carbonyl (C=O) groups is 1. The summed E-state index contributed by atoms with van der Waals surface area (Å²) in [6.45, 7) is 1.78. The second-order valence-electron chi connectivity index (χ2n) is 6.95. The molecule has 4 aromatic rings. The van der Waals surface area contributed by atoms with E-state index in [1.54, 1.807) is 31.5 Å². The average molecular weight is 425 g/mol. The van der Waals surface area contributed by atoms with Gasteiger partial charge in [-0.25, -0.2) is 13.8 Å². The standard InChI is InChI=1S/C21H17F2N5O3/c1-11-17(29)14(8-13-2-3-15(22)16(23)9-13)21(31)28-19(11)26-18(27-28)20(30)25-10-12-4-6-24-7-5-12/h2-7,9,29H,8,10H2,1H3,(H,25,30)(H,26,27). The molecular formula is C21H17F2N5O3. The zero-order valence-electron chi connectivity index (χ0n) is 16.3. The van der Waals surface area contributed by atoms with E-state index in [2.05, 4.69) is 20.4 Å². The Hall–Kier alpha value is -4.08. The second-order valence-corrected chi connectivity index (χ2v) is 6.95. The van der Waals surface area contributed by atoms with Crippen LogP contribution in [0.15, 0.2) is 47.5 Å². The van der Waals surface area contributed by atoms with E-state index >= 15 is 0 Å². The molecule has 3 aromatic heterocycles. The molecule has 0 fully saturated rings. The third-order valence-corrected chi connectivity index (χ3v) is 4.87. The van der Waals surface area contributed by atoms with E-state index < -0.39 is 23.1 Å². The Morgan fingerprint density at radius 3 is 2.61 bits per heavy atom. The van der Waals surface area contributed by atoms with Gasteiger partial charge in [0.05, 0.1) is 5.56 Å². The Kier molecular flexibility index (Phi) is 5.20. The van der Waals surface area contributed by atoms with Gasteiger partial charge in [0, 0.05) is 30.9 Å². The number of aromatic hydroxyl groups is 1. The highest BCUT2D eigenvalue weighted by Gasteiger charge is 2.21. The Morgan fingerprint density at radius 2 is 1.90 bits per heavy atom. The molecule has 10 heteroatoms. The zero-order valence-corrected chi connectivity index (χ0v) is 16.3. The number of rotatable bonds is 5. The predicted octanol–water partition coefficient (Wildman–Crippen LogP) is 2.23. The molecule has 0 aliphatic carbocycles. The lowest BCUT2D eigenvalue weighted by Crippen LogP contribution is -2.25. The molecule has 8 nitrogen and oxygen atoms in total. The number of aryl methyl sites for hydroxylation is 1. The molecule has 3 N–H and O–H groups in total. The van der Waals surface area contributed by atoms with Crippen LogP contribution in [0.1, 0.15) is 32.9 Å². The first-order valence-electron chi connectivity index (χ1n) is 9.29. The fourth-order valence-corrected chi connectivity index (χ4v) is 3.19. The van der Waals surface area contributed by atoms with Crippen LogP contribution in [0.25, 0.3) is 5.65 Å². The minimum absolute atomic E-state index is 0.0339. The van der Waals surface area contributed by atoms with Crippen LogP contribution in [0, 0.1) is 18.6 Å². The number of amides is 1. The van der Waals surface area contributed by atoms with Gasteiger partial charge in [0.15, 0.2) is 17.3 Å². The van der Waals surface area contributed by atoms with Crippen LogP contribution >= 0.6 is 0 Å². The Morgan fingerprint density at radius 1 is 1.16 bits per heavy atom. The first-order chi connectivity index (χ1) is 14.8. The maximum absolute atomic E-state index is 13.5. The number of hydrogen-bond donors (Lipinski definition) is 3. The van der Waals surface area contributed by atoms with Crippen LogP contribution in [-0.2, 0) is 13.0 Å². The summed E-state index contributed by atoms with van der Waals surface area (Å²) in [7, 11) is 0. The van der Waals surface area contributed by atoms with Crippen LogP contribution < -0.4 is 10.9 Å². The maximum atomic E-state index is 13.5. The van der Waals surface area contributed by atoms with E-state index in [-0.39, 0.29) is 41.3 Å². The Bertz CT molecular complexity index is 1350. The van der Waals surface area contributed by atoms with Gasteiger partial charge in [0.2, 0.25) is 5.82 Å². The van der Waals surface area contributed by atoms with Gasteiger partial charge in [-0.3, -0.25) is 19.7 Å². The molecule has 0 spiro atoms. The van der Waals surface area contributed by atoms with E-state index in [4.69, 9.17) is 0 Å². The van der Waals surface area contributed by atoms with Crippen molar-refractivity contribution in [2.24, 2.45) is 0 Å². The monoisotopic (exact) mass is 425 g/mol. The van der Waals surface area contributed by atoms with Crippen LogP contribution in [0.4, 0.5) is 8.78 Å². The summed E-state index contributed by atoms with van der Waals surface area (Å²) in [6.07, 6.45) is 3.07. The van der Waals surface area contributed by atoms with Crippen molar-refractivity contribution in [2.45, 2.75) is 19.9 Å². The van der Waals surface area contributed by atoms with Crippen molar-refractivity contribution in [1.29, 1.82) is 0 Å². The normalized spacial score (nSPS) is 11.1. The zero-order chi connectivity index (χ0) is 22.1. The second kappa shape index (κ2) is 7.98. The minimum Gasteiger partial charge on any atom is -0.507 e. The Labute approximate surface area is 174 Å². The van der Waals surface area contributed by atoms with E-state index in [0.717, 1.165) is 22.2 Å². The highest BCUT2D eigenvalue weighted by Crippen LogP contribution is 2.25. The third-order valence-electron chi connectivity index (χ3n) is 4.87. The maximum Gasteiger partial charge on any atom is 0.288 e. The van der Waals surface area contributed by atoms with E-state index in [1.165, 1.54) is 6.07 Å². The molecule has 158 valence electrons. The number of benzene rings is 1. The average Bonchev–Trinajstić information content (AvgIpc) is 3.23. The van der Waals surface area contributed by atoms with E-state index in [0.29, 0.717) is 5.56 Å². The van der Waals surface area contributed by atoms with Crippen molar-refractivity contribution in [3.05, 3.63) is 92.8 Å². The number of aromatic nitrogens is 4. The number of H-pyrrole nitrogens is 1. The number of aromatic amines is 1. The molecule has 0 aliphatic rings. The molecule has 0 bridgehead atoms. The molecule has 1 aromatic carbocycles. The van der Waals surface area contributed by atoms with Gasteiger partial charge in [0.25, 0.3) is 11.5 Å². The lowest BCUT2D eigenvalue weighted by Gasteiger charge is -2.08. The summed E-state index contributed by atoms with van der Waals surface area (Å²) in [5.41, 5.74) is 0.809. The molecule has 4 rings (SSSR count). The van der Waals surface area contributed by atoms with Crippen molar-refractivity contribution < 1.29 is 18.7 Å². The molecule has 0 radical (unpaired) electrons. The summed E-state index contributed by atoms with van der Waals surface area (Å²) in [4.78, 5) is 33.4. The lowest BCUT2D eigenvalue weighted by molar-refractivity contribution is 0.0940. The topological polar surface area (TPSA) is 112 Å².